The van der Waals surface area contributed by atoms with Crippen molar-refractivity contribution in [1.29, 1.82) is 0 Å². The number of hydroxylamine groups is 1. The summed E-state index contributed by atoms with van der Waals surface area (Å²) in [4.78, 5) is 18.9. The summed E-state index contributed by atoms with van der Waals surface area (Å²) in [5.74, 6) is 0. The molecule has 2 rings (SSSR count). The van der Waals surface area contributed by atoms with Crippen LogP contribution in [0.3, 0.4) is 0 Å². The van der Waals surface area contributed by atoms with E-state index in [0.29, 0.717) is 6.54 Å². The first-order valence-corrected chi connectivity index (χ1v) is 7.55. The third-order valence-electron chi connectivity index (χ3n) is 4.02. The topological polar surface area (TPSA) is 53.6 Å². The van der Waals surface area contributed by atoms with Gasteiger partial charge in [-0.15, -0.1) is 0 Å². The number of hydrogen-bond acceptors (Lipinski definition) is 3. The molecule has 1 aliphatic rings. The van der Waals surface area contributed by atoms with Gasteiger partial charge < -0.3 is 10.2 Å². The molecule has 1 heterocycles. The summed E-state index contributed by atoms with van der Waals surface area (Å²) < 4.78 is 0. The maximum Gasteiger partial charge on any atom is 0.322 e. The van der Waals surface area contributed by atoms with Crippen LogP contribution >= 0.6 is 0 Å². The molecule has 1 fully saturated rings. The molecule has 0 radical (unpaired) electrons. The summed E-state index contributed by atoms with van der Waals surface area (Å²) >= 11 is 0. The summed E-state index contributed by atoms with van der Waals surface area (Å²) in [6, 6.07) is 10.2. The average Bonchev–Trinajstić information content (AvgIpc) is 2.68. The number of aryl methyl sites for hydroxylation is 1. The molecule has 0 aromatic heterocycles. The molecule has 0 aliphatic carbocycles. The lowest BCUT2D eigenvalue weighted by Crippen LogP contribution is -2.41. The predicted octanol–water partition coefficient (Wildman–Crippen LogP) is 2.46. The van der Waals surface area contributed by atoms with Crippen molar-refractivity contribution in [1.82, 2.24) is 15.7 Å². The van der Waals surface area contributed by atoms with Crippen LogP contribution in [-0.4, -0.2) is 36.2 Å². The van der Waals surface area contributed by atoms with Gasteiger partial charge in [0.15, 0.2) is 0 Å². The van der Waals surface area contributed by atoms with Gasteiger partial charge in [-0.1, -0.05) is 36.9 Å². The molecule has 22 heavy (non-hydrogen) atoms. The summed E-state index contributed by atoms with van der Waals surface area (Å²) in [5, 5.41) is 2.93. The van der Waals surface area contributed by atoms with Gasteiger partial charge in [-0.2, -0.15) is 5.48 Å². The highest BCUT2D eigenvalue weighted by atomic mass is 16.6. The Balaban J connectivity index is 1.97. The largest absolute Gasteiger partial charge is 0.327 e. The zero-order valence-corrected chi connectivity index (χ0v) is 13.6. The van der Waals surface area contributed by atoms with Crippen LogP contribution in [0.5, 0.6) is 0 Å². The lowest BCUT2D eigenvalue weighted by molar-refractivity contribution is 0.0517. The Bertz CT molecular complexity index is 528. The second kappa shape index (κ2) is 6.94. The van der Waals surface area contributed by atoms with E-state index < -0.39 is 5.54 Å². The number of nitrogens with one attached hydrogen (secondary N) is 2. The highest BCUT2D eigenvalue weighted by molar-refractivity contribution is 5.81. The van der Waals surface area contributed by atoms with Crippen molar-refractivity contribution in [2.75, 3.05) is 13.7 Å². The van der Waals surface area contributed by atoms with Crippen LogP contribution in [0.1, 0.15) is 25.8 Å². The zero-order chi connectivity index (χ0) is 16.2. The Morgan fingerprint density at radius 2 is 2.05 bits per heavy atom. The monoisotopic (exact) mass is 303 g/mol. The molecule has 2 N–H and O–H groups in total. The number of nitrogens with zero attached hydrogens (tertiary/aromatic N) is 1. The van der Waals surface area contributed by atoms with E-state index in [1.165, 1.54) is 5.56 Å². The fourth-order valence-corrected chi connectivity index (χ4v) is 2.62. The van der Waals surface area contributed by atoms with Crippen LogP contribution in [-0.2, 0) is 11.3 Å². The van der Waals surface area contributed by atoms with Crippen LogP contribution in [0.15, 0.2) is 42.6 Å². The maximum absolute atomic E-state index is 12.1. The fraction of sp³-hybridized carbons (Fsp3) is 0.471. The molecule has 1 saturated heterocycles. The lowest BCUT2D eigenvalue weighted by Gasteiger charge is -2.26. The third kappa shape index (κ3) is 3.87. The average molecular weight is 303 g/mol. The van der Waals surface area contributed by atoms with Crippen molar-refractivity contribution in [2.24, 2.45) is 0 Å². The van der Waals surface area contributed by atoms with Gasteiger partial charge in [-0.05, 0) is 32.3 Å². The zero-order valence-electron chi connectivity index (χ0n) is 13.6. The minimum absolute atomic E-state index is 0.0432. The second-order valence-electron chi connectivity index (χ2n) is 6.16. The third-order valence-corrected chi connectivity index (χ3v) is 4.02. The number of carbonyl (C=O) groups is 1. The predicted molar refractivity (Wildman–Crippen MR) is 87.2 cm³/mol. The minimum atomic E-state index is -0.395. The maximum atomic E-state index is 12.1. The molecule has 5 nitrogen and oxygen atoms in total. The Morgan fingerprint density at radius 3 is 2.59 bits per heavy atom. The number of carbonyl (C=O) groups excluding carboxylic acids is 1. The highest BCUT2D eigenvalue weighted by Crippen LogP contribution is 2.26. The van der Waals surface area contributed by atoms with E-state index in [0.717, 1.165) is 18.5 Å². The van der Waals surface area contributed by atoms with Crippen LogP contribution in [0.25, 0.3) is 0 Å². The Hall–Kier alpha value is -1.85. The number of urea groups is 1. The summed E-state index contributed by atoms with van der Waals surface area (Å²) in [6.07, 6.45) is 1.79. The summed E-state index contributed by atoms with van der Waals surface area (Å²) in [7, 11) is 1.60. The fourth-order valence-electron chi connectivity index (χ4n) is 2.62. The number of amides is 2. The first kappa shape index (κ1) is 16.5. The quantitative estimate of drug-likeness (QED) is 0.761. The Morgan fingerprint density at radius 1 is 1.36 bits per heavy atom. The van der Waals surface area contributed by atoms with Crippen LogP contribution in [0.2, 0.25) is 0 Å². The lowest BCUT2D eigenvalue weighted by atomic mass is 10.0. The number of benzene rings is 1. The molecule has 5 heteroatoms. The van der Waals surface area contributed by atoms with Crippen LogP contribution in [0.4, 0.5) is 4.79 Å². The minimum Gasteiger partial charge on any atom is -0.327 e. The normalized spacial score (nSPS) is 18.4. The van der Waals surface area contributed by atoms with Crippen molar-refractivity contribution in [3.05, 3.63) is 48.2 Å². The van der Waals surface area contributed by atoms with Gasteiger partial charge in [-0.25, -0.2) is 4.79 Å². The Labute approximate surface area is 132 Å². The second-order valence-corrected chi connectivity index (χ2v) is 6.16. The molecular weight excluding hydrogens is 278 g/mol. The summed E-state index contributed by atoms with van der Waals surface area (Å²) in [5.41, 5.74) is 4.66. The highest BCUT2D eigenvalue weighted by Gasteiger charge is 2.39. The van der Waals surface area contributed by atoms with E-state index in [-0.39, 0.29) is 12.1 Å². The van der Waals surface area contributed by atoms with E-state index >= 15 is 0 Å². The molecule has 120 valence electrons. The van der Waals surface area contributed by atoms with Gasteiger partial charge in [0.25, 0.3) is 0 Å². The molecule has 1 unspecified atom stereocenters. The first-order valence-electron chi connectivity index (χ1n) is 7.55. The number of hydrogen-bond donors (Lipinski definition) is 2. The van der Waals surface area contributed by atoms with Gasteiger partial charge in [0.05, 0.1) is 18.7 Å². The standard InChI is InChI=1S/C17H25N3O2/c1-13-17(2,3)18-16(21)20(13)12-15(19-22-4)11-10-14-8-6-5-7-9-14/h5-9,15,19H,1,10-12H2,2-4H3,(H,18,21). The van der Waals surface area contributed by atoms with Crippen LogP contribution in [0, 0.1) is 0 Å². The molecule has 2 amide bonds. The molecular formula is C17H25N3O2. The van der Waals surface area contributed by atoms with E-state index in [9.17, 15) is 4.79 Å². The number of rotatable bonds is 7. The molecule has 0 bridgehead atoms. The van der Waals surface area contributed by atoms with Crippen LogP contribution < -0.4 is 10.8 Å². The summed E-state index contributed by atoms with van der Waals surface area (Å²) in [6.45, 7) is 8.49. The van der Waals surface area contributed by atoms with E-state index in [1.807, 2.05) is 32.0 Å². The van der Waals surface area contributed by atoms with Gasteiger partial charge in [0.2, 0.25) is 0 Å². The SMILES string of the molecule is C=C1N(CC(CCc2ccccc2)NOC)C(=O)NC1(C)C. The first-order chi connectivity index (χ1) is 10.4. The molecule has 1 atom stereocenters. The van der Waals surface area contributed by atoms with Crippen molar-refractivity contribution < 1.29 is 9.63 Å². The molecule has 1 aromatic rings. The van der Waals surface area contributed by atoms with Gasteiger partial charge in [-0.3, -0.25) is 4.90 Å². The van der Waals surface area contributed by atoms with Crippen molar-refractivity contribution in [3.63, 3.8) is 0 Å². The molecule has 0 saturated carbocycles. The Kier molecular flexibility index (Phi) is 5.21. The molecule has 1 aliphatic heterocycles. The van der Waals surface area contributed by atoms with E-state index in [2.05, 4.69) is 29.5 Å². The molecule has 0 spiro atoms. The van der Waals surface area contributed by atoms with E-state index in [1.54, 1.807) is 12.0 Å². The van der Waals surface area contributed by atoms with Gasteiger partial charge in [0.1, 0.15) is 0 Å². The van der Waals surface area contributed by atoms with Crippen molar-refractivity contribution in [2.45, 2.75) is 38.3 Å². The molecule has 1 aromatic carbocycles. The van der Waals surface area contributed by atoms with Gasteiger partial charge >= 0.3 is 6.03 Å². The van der Waals surface area contributed by atoms with Gasteiger partial charge in [0, 0.05) is 12.2 Å². The van der Waals surface area contributed by atoms with Crippen molar-refractivity contribution >= 4 is 6.03 Å². The van der Waals surface area contributed by atoms with Crippen molar-refractivity contribution in [3.8, 4) is 0 Å². The smallest absolute Gasteiger partial charge is 0.322 e. The van der Waals surface area contributed by atoms with E-state index in [4.69, 9.17) is 4.84 Å².